The van der Waals surface area contributed by atoms with Crippen molar-refractivity contribution in [3.63, 3.8) is 0 Å². The Morgan fingerprint density at radius 3 is 1.79 bits per heavy atom. The van der Waals surface area contributed by atoms with Gasteiger partial charge in [-0.2, -0.15) is 0 Å². The van der Waals surface area contributed by atoms with Crippen LogP contribution in [0.4, 0.5) is 17.3 Å². The number of rotatable bonds is 5. The van der Waals surface area contributed by atoms with Crippen molar-refractivity contribution in [3.05, 3.63) is 58.1 Å². The smallest absolute Gasteiger partial charge is 0 e. The van der Waals surface area contributed by atoms with E-state index in [-0.39, 0.29) is 35.9 Å². The first-order valence-corrected chi connectivity index (χ1v) is 9.34. The Morgan fingerprint density at radius 2 is 1.44 bits per heavy atom. The first-order chi connectivity index (χ1) is 15.5. The van der Waals surface area contributed by atoms with E-state index in [9.17, 15) is 22.4 Å². The zero-order valence-electron chi connectivity index (χ0n) is 18.7. The van der Waals surface area contributed by atoms with Gasteiger partial charge in [0.15, 0.2) is 12.1 Å². The molecular weight excluding hydrogens is 511 g/mol. The van der Waals surface area contributed by atoms with E-state index >= 15 is 0 Å². The molecule has 0 spiro atoms. The molecular formula is C20H27BF4FeO8-. The molecule has 0 aromatic rings. The average Bonchev–Trinajstić information content (AvgIpc) is 3.44. The van der Waals surface area contributed by atoms with Gasteiger partial charge in [-0.3, -0.25) is 0 Å². The summed E-state index contributed by atoms with van der Waals surface area (Å²) < 4.78 is 82.3. The Morgan fingerprint density at radius 1 is 1.03 bits per heavy atom. The molecule has 3 rings (SSSR count). The van der Waals surface area contributed by atoms with Crippen molar-refractivity contribution in [2.24, 2.45) is 0 Å². The van der Waals surface area contributed by atoms with Gasteiger partial charge in [0.05, 0.1) is 13.2 Å². The van der Waals surface area contributed by atoms with Gasteiger partial charge in [-0.25, -0.2) is 0 Å². The summed E-state index contributed by atoms with van der Waals surface area (Å²) in [5.74, 6) is -0.727. The second-order valence-electron chi connectivity index (χ2n) is 6.57. The Kier molecular flexibility index (Phi) is 22.8. The van der Waals surface area contributed by atoms with E-state index in [1.165, 1.54) is 7.11 Å². The number of hydrogen-bond donors (Lipinski definition) is 1. The maximum absolute atomic E-state index is 9.75. The zero-order valence-corrected chi connectivity index (χ0v) is 19.8. The monoisotopic (exact) mass is 538 g/mol. The number of hydrogen-bond acceptors (Lipinski definition) is 6. The summed E-state index contributed by atoms with van der Waals surface area (Å²) in [6.45, 7) is 16.5. The van der Waals surface area contributed by atoms with Crippen molar-refractivity contribution in [2.45, 2.75) is 50.3 Å². The summed E-state index contributed by atoms with van der Waals surface area (Å²) in [5, 5.41) is 9.44. The molecule has 2 heterocycles. The van der Waals surface area contributed by atoms with E-state index in [2.05, 4.69) is 19.9 Å². The van der Waals surface area contributed by atoms with Gasteiger partial charge in [0.1, 0.15) is 24.4 Å². The van der Waals surface area contributed by atoms with Crippen LogP contribution >= 0.6 is 0 Å². The average molecular weight is 538 g/mol. The second kappa shape index (κ2) is 20.5. The number of ether oxygens (including phenoxy) is 5. The molecule has 3 fully saturated rings. The van der Waals surface area contributed by atoms with Gasteiger partial charge < -0.3 is 46.1 Å². The molecule has 0 aromatic carbocycles. The van der Waals surface area contributed by atoms with Gasteiger partial charge in [0, 0.05) is 24.2 Å². The molecule has 0 aromatic heterocycles. The largest absolute Gasteiger partial charge is 0.0312 e. The van der Waals surface area contributed by atoms with E-state index < -0.39 is 31.5 Å². The van der Waals surface area contributed by atoms with Gasteiger partial charge in [-0.15, -0.1) is 6.58 Å². The van der Waals surface area contributed by atoms with Crippen LogP contribution < -0.4 is 0 Å². The van der Waals surface area contributed by atoms with Crippen LogP contribution in [0, 0.1) is 45.4 Å². The third-order valence-corrected chi connectivity index (χ3v) is 3.81. The summed E-state index contributed by atoms with van der Waals surface area (Å²) in [7, 11) is -4.46. The summed E-state index contributed by atoms with van der Waals surface area (Å²) >= 11 is 0. The molecule has 2 aliphatic heterocycles. The molecule has 5 atom stereocenters. The van der Waals surface area contributed by atoms with Crippen molar-refractivity contribution in [3.8, 4) is 0 Å². The van der Waals surface area contributed by atoms with Gasteiger partial charge in [-0.05, 0) is 46.0 Å². The number of fused-ring (bicyclic) bond motifs is 1. The van der Waals surface area contributed by atoms with E-state index in [4.69, 9.17) is 33.0 Å². The van der Waals surface area contributed by atoms with E-state index in [0.29, 0.717) is 6.61 Å². The summed E-state index contributed by atoms with van der Waals surface area (Å²) in [5.41, 5.74) is 0. The maximum atomic E-state index is 9.75. The van der Waals surface area contributed by atoms with Crippen LogP contribution in [0.5, 0.6) is 0 Å². The van der Waals surface area contributed by atoms with Crippen molar-refractivity contribution >= 4 is 7.25 Å². The Balaban J connectivity index is -0.000000529. The molecule has 0 amide bonds. The molecule has 3 aliphatic rings. The summed E-state index contributed by atoms with van der Waals surface area (Å²) in [4.78, 5) is 0. The molecule has 0 unspecified atom stereocenters. The van der Waals surface area contributed by atoms with Crippen molar-refractivity contribution in [1.82, 2.24) is 0 Å². The molecule has 0 bridgehead atoms. The van der Waals surface area contributed by atoms with Gasteiger partial charge in [0.25, 0.3) is 0 Å². The summed E-state index contributed by atoms with van der Waals surface area (Å²) in [6, 6.07) is 0. The van der Waals surface area contributed by atoms with Crippen LogP contribution in [0.2, 0.25) is 0 Å². The SMILES string of the molecule is C=CCO[C@H]1[C@@H]2OC(C)(C)O[C@@H]2[C@@H](OC)O[C@@H]1CO.F[B-](F)(F)F.[C-]#[O+].[C-]#[O+].[CH]1[CH][CH][CH][CH]1.[Fe]. The quantitative estimate of drug-likeness (QED) is 0.190. The van der Waals surface area contributed by atoms with Gasteiger partial charge >= 0.3 is 29.9 Å². The normalized spacial score (nSPS) is 28.3. The maximum Gasteiger partial charge on any atom is 0 e. The standard InChI is InChI=1S/C13H22O6.C5H5.2CO.BF4.Fe/c1-5-6-16-9-8(7-14)17-12(15-4)11-10(9)18-13(2,3)19-11;1-2-4-5-3-1;2*1-2;2-1(3,4)5;/h5,8-12,14H,1,6-7H2,2-4H3;1-5H;;;;/q;;;;-1;/t8-,9-,10+,11+,12+;;;;;/m1...../s1. The minimum Gasteiger partial charge on any atom is -0.0312 e. The molecule has 1 N–H and O–H groups in total. The number of halogens is 4. The molecule has 34 heavy (non-hydrogen) atoms. The van der Waals surface area contributed by atoms with Crippen LogP contribution in [-0.4, -0.2) is 69.2 Å². The van der Waals surface area contributed by atoms with Crippen LogP contribution in [0.25, 0.3) is 0 Å². The van der Waals surface area contributed by atoms with Crippen LogP contribution in [0.1, 0.15) is 13.8 Å². The van der Waals surface area contributed by atoms with Crippen LogP contribution in [-0.2, 0) is 50.1 Å². The van der Waals surface area contributed by atoms with Crippen molar-refractivity contribution in [1.29, 1.82) is 0 Å². The summed E-state index contributed by atoms with van der Waals surface area (Å²) in [6.07, 6.45) is 9.42. The van der Waals surface area contributed by atoms with Crippen LogP contribution in [0.15, 0.2) is 12.7 Å². The fourth-order valence-electron chi connectivity index (χ4n) is 2.86. The fraction of sp³-hybridized carbons (Fsp3) is 0.550. The van der Waals surface area contributed by atoms with Crippen molar-refractivity contribution < 1.29 is 72.4 Å². The molecule has 1 saturated carbocycles. The zero-order chi connectivity index (χ0) is 26.1. The Hall–Kier alpha value is -0.716. The van der Waals surface area contributed by atoms with Crippen LogP contribution in [0.3, 0.4) is 0 Å². The number of aliphatic hydroxyl groups is 1. The Labute approximate surface area is 208 Å². The fourth-order valence-corrected chi connectivity index (χ4v) is 2.86. The van der Waals surface area contributed by atoms with Gasteiger partial charge in [-0.1, -0.05) is 6.08 Å². The third kappa shape index (κ3) is 16.0. The molecule has 14 heteroatoms. The first kappa shape index (κ1) is 37.8. The molecule has 2 saturated heterocycles. The molecule has 8 nitrogen and oxygen atoms in total. The predicted molar refractivity (Wildman–Crippen MR) is 106 cm³/mol. The van der Waals surface area contributed by atoms with E-state index in [0.717, 1.165) is 0 Å². The predicted octanol–water partition coefficient (Wildman–Crippen LogP) is 2.69. The minimum atomic E-state index is -6.00. The molecule has 195 valence electrons. The second-order valence-corrected chi connectivity index (χ2v) is 6.57. The molecule has 1 aliphatic carbocycles. The van der Waals surface area contributed by atoms with E-state index in [1.807, 2.05) is 46.0 Å². The van der Waals surface area contributed by atoms with Crippen molar-refractivity contribution in [2.75, 3.05) is 20.3 Å². The minimum absolute atomic E-state index is 0. The topological polar surface area (TPSA) is 106 Å². The van der Waals surface area contributed by atoms with E-state index in [1.54, 1.807) is 6.08 Å². The molecule has 5 radical (unpaired) electrons. The third-order valence-electron chi connectivity index (χ3n) is 3.81. The Bertz CT molecular complexity index is 542. The number of aliphatic hydroxyl groups excluding tert-OH is 1. The number of methoxy groups -OCH3 is 1. The first-order valence-electron chi connectivity index (χ1n) is 9.34. The van der Waals surface area contributed by atoms with Gasteiger partial charge in [0.2, 0.25) is 0 Å².